The maximum Gasteiger partial charge on any atom is 0.249 e. The zero-order valence-electron chi connectivity index (χ0n) is 15.6. The highest BCUT2D eigenvalue weighted by atomic mass is 16.3. The van der Waals surface area contributed by atoms with Gasteiger partial charge in [-0.3, -0.25) is 4.79 Å². The molecular formula is C19H24N6O2. The van der Waals surface area contributed by atoms with Gasteiger partial charge in [-0.15, -0.1) is 0 Å². The molecule has 0 bridgehead atoms. The molecule has 0 aromatic carbocycles. The second-order valence-corrected chi connectivity index (χ2v) is 6.95. The Morgan fingerprint density at radius 2 is 2.22 bits per heavy atom. The minimum absolute atomic E-state index is 0.108. The van der Waals surface area contributed by atoms with Crippen LogP contribution in [0.4, 0.5) is 17.5 Å². The van der Waals surface area contributed by atoms with E-state index < -0.39 is 0 Å². The molecule has 1 atom stereocenters. The van der Waals surface area contributed by atoms with Crippen LogP contribution < -0.4 is 15.2 Å². The van der Waals surface area contributed by atoms with Crippen LogP contribution in [0.2, 0.25) is 0 Å². The van der Waals surface area contributed by atoms with E-state index >= 15 is 0 Å². The average molecular weight is 368 g/mol. The number of nitrogens with one attached hydrogen (secondary N) is 1. The van der Waals surface area contributed by atoms with E-state index in [0.717, 1.165) is 30.8 Å². The average Bonchev–Trinajstić information content (AvgIpc) is 3.38. The second-order valence-electron chi connectivity index (χ2n) is 6.95. The Hall–Kier alpha value is -2.90. The lowest BCUT2D eigenvalue weighted by molar-refractivity contribution is -0.120. The highest BCUT2D eigenvalue weighted by Gasteiger charge is 2.41. The van der Waals surface area contributed by atoms with E-state index in [9.17, 15) is 4.79 Å². The van der Waals surface area contributed by atoms with Gasteiger partial charge in [-0.05, 0) is 31.4 Å². The van der Waals surface area contributed by atoms with Crippen molar-refractivity contribution in [1.82, 2.24) is 9.97 Å². The molecular weight excluding hydrogens is 344 g/mol. The number of likely N-dealkylation sites (N-methyl/N-ethyl adjacent to an activating group) is 1. The quantitative estimate of drug-likeness (QED) is 0.645. The molecule has 0 spiro atoms. The van der Waals surface area contributed by atoms with E-state index in [1.165, 1.54) is 12.8 Å². The van der Waals surface area contributed by atoms with Gasteiger partial charge in [0.05, 0.1) is 18.7 Å². The number of fused-ring (bicyclic) bond motifs is 1. The predicted octanol–water partition coefficient (Wildman–Crippen LogP) is 3.02. The molecule has 1 saturated carbocycles. The van der Waals surface area contributed by atoms with Gasteiger partial charge in [0.1, 0.15) is 17.5 Å². The fourth-order valence-electron chi connectivity index (χ4n) is 3.96. The Kier molecular flexibility index (Phi) is 4.79. The summed E-state index contributed by atoms with van der Waals surface area (Å²) in [5, 5.41) is 4.14. The summed E-state index contributed by atoms with van der Waals surface area (Å²) < 4.78 is 5.22. The first kappa shape index (κ1) is 17.5. The molecule has 4 rings (SSSR count). The highest BCUT2D eigenvalue weighted by molar-refractivity contribution is 6.04. The SMILES string of the molecule is CCC1C(=O)N(C)c2cnc(N/N=C/c3ccco3)nc2N1C1CCCC1. The zero-order chi connectivity index (χ0) is 18.8. The van der Waals surface area contributed by atoms with Gasteiger partial charge in [0, 0.05) is 13.1 Å². The molecule has 2 aromatic rings. The van der Waals surface area contributed by atoms with Gasteiger partial charge >= 0.3 is 0 Å². The lowest BCUT2D eigenvalue weighted by atomic mass is 10.0. The minimum atomic E-state index is -0.181. The van der Waals surface area contributed by atoms with Crippen LogP contribution in [0.25, 0.3) is 0 Å². The van der Waals surface area contributed by atoms with E-state index in [1.807, 2.05) is 6.07 Å². The molecule has 1 fully saturated rings. The van der Waals surface area contributed by atoms with Crippen molar-refractivity contribution in [3.05, 3.63) is 30.4 Å². The van der Waals surface area contributed by atoms with E-state index in [0.29, 0.717) is 17.8 Å². The summed E-state index contributed by atoms with van der Waals surface area (Å²) in [5.41, 5.74) is 3.61. The van der Waals surface area contributed by atoms with Gasteiger partial charge in [-0.25, -0.2) is 10.4 Å². The number of carbonyl (C=O) groups excluding carboxylic acids is 1. The number of hydrazone groups is 1. The minimum Gasteiger partial charge on any atom is -0.463 e. The van der Waals surface area contributed by atoms with Crippen molar-refractivity contribution in [3.63, 3.8) is 0 Å². The summed E-state index contributed by atoms with van der Waals surface area (Å²) in [6, 6.07) is 3.78. The van der Waals surface area contributed by atoms with Crippen molar-refractivity contribution in [2.75, 3.05) is 22.3 Å². The van der Waals surface area contributed by atoms with Gasteiger partial charge in [0.2, 0.25) is 11.9 Å². The summed E-state index contributed by atoms with van der Waals surface area (Å²) in [7, 11) is 1.79. The topological polar surface area (TPSA) is 86.9 Å². The first-order chi connectivity index (χ1) is 13.2. The van der Waals surface area contributed by atoms with Crippen LogP contribution in [-0.2, 0) is 4.79 Å². The maximum atomic E-state index is 12.9. The van der Waals surface area contributed by atoms with Crippen LogP contribution in [0.15, 0.2) is 34.1 Å². The van der Waals surface area contributed by atoms with E-state index in [2.05, 4.69) is 27.3 Å². The third kappa shape index (κ3) is 3.27. The molecule has 8 heteroatoms. The van der Waals surface area contributed by atoms with Gasteiger partial charge in [-0.2, -0.15) is 10.1 Å². The Morgan fingerprint density at radius 3 is 2.93 bits per heavy atom. The van der Waals surface area contributed by atoms with Crippen molar-refractivity contribution in [1.29, 1.82) is 0 Å². The second kappa shape index (κ2) is 7.38. The van der Waals surface area contributed by atoms with Crippen molar-refractivity contribution in [3.8, 4) is 0 Å². The number of anilines is 3. The summed E-state index contributed by atoms with van der Waals surface area (Å²) in [4.78, 5) is 25.8. The monoisotopic (exact) mass is 368 g/mol. The third-order valence-electron chi connectivity index (χ3n) is 5.31. The number of furan rings is 1. The van der Waals surface area contributed by atoms with Crippen LogP contribution in [0, 0.1) is 0 Å². The van der Waals surface area contributed by atoms with Gasteiger partial charge in [0.15, 0.2) is 5.82 Å². The van der Waals surface area contributed by atoms with Crippen LogP contribution in [0.3, 0.4) is 0 Å². The first-order valence-electron chi connectivity index (χ1n) is 9.44. The Labute approximate surface area is 158 Å². The highest BCUT2D eigenvalue weighted by Crippen LogP contribution is 2.39. The third-order valence-corrected chi connectivity index (χ3v) is 5.31. The number of hydrogen-bond donors (Lipinski definition) is 1. The zero-order valence-corrected chi connectivity index (χ0v) is 15.6. The first-order valence-corrected chi connectivity index (χ1v) is 9.44. The summed E-state index contributed by atoms with van der Waals surface area (Å²) in [5.74, 6) is 1.96. The van der Waals surface area contributed by atoms with E-state index in [1.54, 1.807) is 36.7 Å². The Bertz CT molecular complexity index is 829. The summed E-state index contributed by atoms with van der Waals surface area (Å²) in [6.45, 7) is 2.05. The Morgan fingerprint density at radius 1 is 1.41 bits per heavy atom. The molecule has 8 nitrogen and oxygen atoms in total. The van der Waals surface area contributed by atoms with Gasteiger partial charge < -0.3 is 14.2 Å². The van der Waals surface area contributed by atoms with E-state index in [4.69, 9.17) is 9.40 Å². The molecule has 1 unspecified atom stereocenters. The predicted molar refractivity (Wildman–Crippen MR) is 104 cm³/mol. The van der Waals surface area contributed by atoms with Crippen LogP contribution in [0.1, 0.15) is 44.8 Å². The lowest BCUT2D eigenvalue weighted by Gasteiger charge is -2.43. The van der Waals surface area contributed by atoms with Crippen molar-refractivity contribution < 1.29 is 9.21 Å². The smallest absolute Gasteiger partial charge is 0.249 e. The molecule has 27 heavy (non-hydrogen) atoms. The van der Waals surface area contributed by atoms with Crippen molar-refractivity contribution in [2.45, 2.75) is 51.1 Å². The van der Waals surface area contributed by atoms with Crippen LogP contribution in [0.5, 0.6) is 0 Å². The summed E-state index contributed by atoms with van der Waals surface area (Å²) in [6.07, 6.45) is 10.2. The molecule has 142 valence electrons. The molecule has 2 aromatic heterocycles. The molecule has 2 aliphatic rings. The van der Waals surface area contributed by atoms with Gasteiger partial charge in [-0.1, -0.05) is 19.8 Å². The Balaban J connectivity index is 1.65. The van der Waals surface area contributed by atoms with Crippen LogP contribution >= 0.6 is 0 Å². The van der Waals surface area contributed by atoms with Crippen molar-refractivity contribution in [2.24, 2.45) is 5.10 Å². The number of hydrogen-bond acceptors (Lipinski definition) is 7. The van der Waals surface area contributed by atoms with E-state index in [-0.39, 0.29) is 11.9 Å². The number of carbonyl (C=O) groups is 1. The van der Waals surface area contributed by atoms with Crippen LogP contribution in [-0.4, -0.2) is 41.2 Å². The standard InChI is InChI=1S/C19H24N6O2/c1-3-15-18(26)24(2)16-12-20-19(23-21-11-14-9-6-10-27-14)22-17(16)25(15)13-7-4-5-8-13/h6,9-13,15H,3-5,7-8H2,1-2H3,(H,20,22,23)/b21-11+. The number of nitrogens with zero attached hydrogens (tertiary/aromatic N) is 5. The lowest BCUT2D eigenvalue weighted by Crippen LogP contribution is -2.55. The molecule has 1 amide bonds. The molecule has 0 saturated heterocycles. The molecule has 1 aliphatic carbocycles. The fraction of sp³-hybridized carbons (Fsp3) is 0.474. The number of amides is 1. The maximum absolute atomic E-state index is 12.9. The molecule has 0 radical (unpaired) electrons. The number of rotatable bonds is 5. The summed E-state index contributed by atoms with van der Waals surface area (Å²) >= 11 is 0. The largest absolute Gasteiger partial charge is 0.463 e. The molecule has 1 N–H and O–H groups in total. The normalized spacial score (nSPS) is 20.5. The molecule has 1 aliphatic heterocycles. The number of aromatic nitrogens is 2. The van der Waals surface area contributed by atoms with Crippen molar-refractivity contribution >= 4 is 29.6 Å². The fourth-order valence-corrected chi connectivity index (χ4v) is 3.96. The molecule has 3 heterocycles. The van der Waals surface area contributed by atoms with Gasteiger partial charge in [0.25, 0.3) is 0 Å².